The minimum absolute atomic E-state index is 0.902. The molecular formula is C9H15I. The van der Waals surface area contributed by atoms with Crippen LogP contribution in [-0.2, 0) is 0 Å². The van der Waals surface area contributed by atoms with Crippen LogP contribution in [0.1, 0.15) is 38.5 Å². The number of halogens is 1. The van der Waals surface area contributed by atoms with E-state index >= 15 is 0 Å². The molecule has 0 heterocycles. The van der Waals surface area contributed by atoms with Crippen LogP contribution in [0.25, 0.3) is 0 Å². The minimum atomic E-state index is 0.902. The van der Waals surface area contributed by atoms with Gasteiger partial charge in [0.1, 0.15) is 0 Å². The van der Waals surface area contributed by atoms with Gasteiger partial charge in [-0.1, -0.05) is 54.4 Å². The van der Waals surface area contributed by atoms with Crippen LogP contribution in [0.15, 0.2) is 10.2 Å². The van der Waals surface area contributed by atoms with Crippen LogP contribution in [-0.4, -0.2) is 0 Å². The topological polar surface area (TPSA) is 0 Å². The van der Waals surface area contributed by atoms with Gasteiger partial charge in [-0.2, -0.15) is 0 Å². The summed E-state index contributed by atoms with van der Waals surface area (Å²) in [6.45, 7) is 0. The fourth-order valence-corrected chi connectivity index (χ4v) is 2.19. The third kappa shape index (κ3) is 3.04. The lowest BCUT2D eigenvalue weighted by Crippen LogP contribution is -1.91. The summed E-state index contributed by atoms with van der Waals surface area (Å²) in [7, 11) is 0. The van der Waals surface area contributed by atoms with Crippen LogP contribution < -0.4 is 0 Å². The molecule has 1 rings (SSSR count). The molecular weight excluding hydrogens is 235 g/mol. The molecule has 10 heavy (non-hydrogen) atoms. The van der Waals surface area contributed by atoms with Gasteiger partial charge < -0.3 is 0 Å². The van der Waals surface area contributed by atoms with Gasteiger partial charge >= 0.3 is 0 Å². The highest BCUT2D eigenvalue weighted by molar-refractivity contribution is 14.1. The van der Waals surface area contributed by atoms with Crippen LogP contribution in [0, 0.1) is 5.92 Å². The normalized spacial score (nSPS) is 23.3. The van der Waals surface area contributed by atoms with E-state index in [1.807, 2.05) is 0 Å². The Morgan fingerprint density at radius 3 is 2.10 bits per heavy atom. The highest BCUT2D eigenvalue weighted by atomic mass is 127. The Balaban J connectivity index is 2.28. The first-order chi connectivity index (χ1) is 4.93. The Morgan fingerprint density at radius 2 is 1.60 bits per heavy atom. The Labute approximate surface area is 77.2 Å². The van der Waals surface area contributed by atoms with Crippen molar-refractivity contribution in [3.8, 4) is 0 Å². The summed E-state index contributed by atoms with van der Waals surface area (Å²) in [5.74, 6) is 0.902. The van der Waals surface area contributed by atoms with Crippen molar-refractivity contribution in [1.29, 1.82) is 0 Å². The first kappa shape index (κ1) is 8.57. The van der Waals surface area contributed by atoms with Crippen molar-refractivity contribution in [3.05, 3.63) is 10.2 Å². The van der Waals surface area contributed by atoms with E-state index < -0.39 is 0 Å². The molecule has 0 aromatic rings. The zero-order valence-corrected chi connectivity index (χ0v) is 8.51. The molecule has 1 aliphatic rings. The van der Waals surface area contributed by atoms with Crippen molar-refractivity contribution in [2.75, 3.05) is 0 Å². The third-order valence-corrected chi connectivity index (χ3v) is 2.66. The van der Waals surface area contributed by atoms with Crippen LogP contribution in [0.5, 0.6) is 0 Å². The summed E-state index contributed by atoms with van der Waals surface area (Å²) in [4.78, 5) is 0. The second kappa shape index (κ2) is 5.16. The van der Waals surface area contributed by atoms with Gasteiger partial charge in [0, 0.05) is 0 Å². The SMILES string of the molecule is I/C=C/C1CCCCCC1. The number of allylic oxidation sites excluding steroid dienone is 1. The summed E-state index contributed by atoms with van der Waals surface area (Å²) in [5.41, 5.74) is 0. The van der Waals surface area contributed by atoms with E-state index in [0.717, 1.165) is 5.92 Å². The van der Waals surface area contributed by atoms with Crippen LogP contribution in [0.2, 0.25) is 0 Å². The smallest absolute Gasteiger partial charge is 0.0226 e. The van der Waals surface area contributed by atoms with Crippen molar-refractivity contribution in [2.45, 2.75) is 38.5 Å². The molecule has 0 aliphatic heterocycles. The molecule has 0 unspecified atom stereocenters. The van der Waals surface area contributed by atoms with E-state index in [1.54, 1.807) is 0 Å². The second-order valence-corrected chi connectivity index (χ2v) is 3.79. The number of hydrogen-bond acceptors (Lipinski definition) is 0. The first-order valence-electron chi connectivity index (χ1n) is 4.20. The lowest BCUT2D eigenvalue weighted by atomic mass is 10.0. The van der Waals surface area contributed by atoms with E-state index in [-0.39, 0.29) is 0 Å². The molecule has 0 saturated heterocycles. The molecule has 0 bridgehead atoms. The van der Waals surface area contributed by atoms with Gasteiger partial charge in [0.05, 0.1) is 0 Å². The fourth-order valence-electron chi connectivity index (χ4n) is 1.61. The zero-order chi connectivity index (χ0) is 7.23. The predicted octanol–water partition coefficient (Wildman–Crippen LogP) is 3.91. The highest BCUT2D eigenvalue weighted by Crippen LogP contribution is 2.23. The molecule has 0 nitrogen and oxygen atoms in total. The maximum absolute atomic E-state index is 2.37. The lowest BCUT2D eigenvalue weighted by molar-refractivity contribution is 0.560. The molecule has 0 N–H and O–H groups in total. The molecule has 1 fully saturated rings. The Kier molecular flexibility index (Phi) is 4.42. The van der Waals surface area contributed by atoms with Gasteiger partial charge in [0.15, 0.2) is 0 Å². The summed E-state index contributed by atoms with van der Waals surface area (Å²) in [6, 6.07) is 0. The molecule has 1 heteroatoms. The molecule has 0 aromatic carbocycles. The van der Waals surface area contributed by atoms with Crippen molar-refractivity contribution in [2.24, 2.45) is 5.92 Å². The van der Waals surface area contributed by atoms with Crippen molar-refractivity contribution in [3.63, 3.8) is 0 Å². The van der Waals surface area contributed by atoms with E-state index in [4.69, 9.17) is 0 Å². The maximum Gasteiger partial charge on any atom is -0.0226 e. The molecule has 0 amide bonds. The van der Waals surface area contributed by atoms with Gasteiger partial charge in [-0.15, -0.1) is 0 Å². The van der Waals surface area contributed by atoms with Crippen LogP contribution >= 0.6 is 22.6 Å². The summed E-state index contributed by atoms with van der Waals surface area (Å²) < 4.78 is 2.17. The van der Waals surface area contributed by atoms with Gasteiger partial charge in [0.25, 0.3) is 0 Å². The molecule has 1 saturated carbocycles. The summed E-state index contributed by atoms with van der Waals surface area (Å²) in [5, 5.41) is 0. The number of rotatable bonds is 1. The highest BCUT2D eigenvalue weighted by Gasteiger charge is 2.07. The van der Waals surface area contributed by atoms with E-state index in [1.165, 1.54) is 38.5 Å². The second-order valence-electron chi connectivity index (χ2n) is 3.07. The van der Waals surface area contributed by atoms with E-state index in [2.05, 4.69) is 32.7 Å². The molecule has 0 atom stereocenters. The average molecular weight is 250 g/mol. The first-order valence-corrected chi connectivity index (χ1v) is 5.45. The zero-order valence-electron chi connectivity index (χ0n) is 6.35. The predicted molar refractivity (Wildman–Crippen MR) is 54.4 cm³/mol. The lowest BCUT2D eigenvalue weighted by Gasteiger charge is -2.05. The standard InChI is InChI=1S/C9H15I/c10-8-7-9-5-3-1-2-4-6-9/h7-9H,1-6H2/b8-7+. The van der Waals surface area contributed by atoms with Crippen molar-refractivity contribution < 1.29 is 0 Å². The fraction of sp³-hybridized carbons (Fsp3) is 0.778. The van der Waals surface area contributed by atoms with Crippen LogP contribution in [0.4, 0.5) is 0 Å². The van der Waals surface area contributed by atoms with Crippen LogP contribution in [0.3, 0.4) is 0 Å². The molecule has 0 spiro atoms. The Morgan fingerprint density at radius 1 is 1.00 bits per heavy atom. The van der Waals surface area contributed by atoms with Gasteiger partial charge in [0.2, 0.25) is 0 Å². The monoisotopic (exact) mass is 250 g/mol. The van der Waals surface area contributed by atoms with Gasteiger partial charge in [-0.3, -0.25) is 0 Å². The molecule has 0 aromatic heterocycles. The Bertz CT molecular complexity index is 99.3. The average Bonchev–Trinajstić information content (AvgIpc) is 2.17. The van der Waals surface area contributed by atoms with E-state index in [0.29, 0.717) is 0 Å². The quantitative estimate of drug-likeness (QED) is 0.489. The minimum Gasteiger partial charge on any atom is -0.0753 e. The van der Waals surface area contributed by atoms with E-state index in [9.17, 15) is 0 Å². The summed E-state index contributed by atoms with van der Waals surface area (Å²) in [6.07, 6.45) is 11.1. The van der Waals surface area contributed by atoms with Crippen molar-refractivity contribution >= 4 is 22.6 Å². The summed E-state index contributed by atoms with van der Waals surface area (Å²) >= 11 is 2.32. The third-order valence-electron chi connectivity index (χ3n) is 2.24. The molecule has 0 radical (unpaired) electrons. The maximum atomic E-state index is 2.37. The van der Waals surface area contributed by atoms with Gasteiger partial charge in [-0.05, 0) is 22.8 Å². The molecule has 58 valence electrons. The van der Waals surface area contributed by atoms with Gasteiger partial charge in [-0.25, -0.2) is 0 Å². The molecule has 1 aliphatic carbocycles. The number of hydrogen-bond donors (Lipinski definition) is 0. The Hall–Kier alpha value is 0.470. The largest absolute Gasteiger partial charge is 0.0753 e. The van der Waals surface area contributed by atoms with Crippen molar-refractivity contribution in [1.82, 2.24) is 0 Å².